The van der Waals surface area contributed by atoms with Gasteiger partial charge in [-0.15, -0.1) is 0 Å². The summed E-state index contributed by atoms with van der Waals surface area (Å²) in [4.78, 5) is 17.4. The van der Waals surface area contributed by atoms with Crippen LogP contribution in [0, 0.1) is 5.41 Å². The van der Waals surface area contributed by atoms with Crippen molar-refractivity contribution in [1.82, 2.24) is 9.80 Å². The van der Waals surface area contributed by atoms with Crippen molar-refractivity contribution in [2.45, 2.75) is 32.2 Å². The molecule has 0 atom stereocenters. The van der Waals surface area contributed by atoms with Gasteiger partial charge in [-0.2, -0.15) is 0 Å². The molecule has 2 aliphatic rings. The normalized spacial score (nSPS) is 20.0. The van der Waals surface area contributed by atoms with E-state index < -0.39 is 0 Å². The minimum Gasteiger partial charge on any atom is -0.339 e. The lowest BCUT2D eigenvalue weighted by Gasteiger charge is -2.47. The van der Waals surface area contributed by atoms with Crippen LogP contribution in [-0.2, 0) is 6.54 Å². The molecule has 0 bridgehead atoms. The number of likely N-dealkylation sites (tertiary alicyclic amines) is 2. The molecule has 4 rings (SSSR count). The number of piperidine rings is 2. The van der Waals surface area contributed by atoms with E-state index in [4.69, 9.17) is 0 Å². The van der Waals surface area contributed by atoms with Crippen molar-refractivity contribution < 1.29 is 4.79 Å². The first-order chi connectivity index (χ1) is 13.1. The Morgan fingerprint density at radius 1 is 0.852 bits per heavy atom. The summed E-state index contributed by atoms with van der Waals surface area (Å²) in [5.74, 6) is 0.180. The maximum atomic E-state index is 12.7. The third-order valence-electron chi connectivity index (χ3n) is 6.37. The third kappa shape index (κ3) is 4.44. The van der Waals surface area contributed by atoms with Gasteiger partial charge in [-0.3, -0.25) is 9.69 Å². The number of carbonyl (C=O) groups is 1. The SMILES string of the molecule is O=C(c1ccc(Br)cc1)N1CCC2(CCN(Cc3ccccc3)CC2)CC1. The summed E-state index contributed by atoms with van der Waals surface area (Å²) in [5.41, 5.74) is 2.65. The van der Waals surface area contributed by atoms with E-state index in [1.807, 2.05) is 29.2 Å². The number of hydrogen-bond acceptors (Lipinski definition) is 2. The molecule has 0 N–H and O–H groups in total. The zero-order chi connectivity index (χ0) is 18.7. The lowest BCUT2D eigenvalue weighted by molar-refractivity contribution is 0.0285. The molecule has 0 aliphatic carbocycles. The molecule has 0 unspecified atom stereocenters. The average Bonchev–Trinajstić information content (AvgIpc) is 2.71. The highest BCUT2D eigenvalue weighted by atomic mass is 79.9. The Balaban J connectivity index is 1.29. The van der Waals surface area contributed by atoms with Crippen LogP contribution in [0.3, 0.4) is 0 Å². The Kier molecular flexibility index (Phi) is 5.65. The molecule has 3 nitrogen and oxygen atoms in total. The van der Waals surface area contributed by atoms with Crippen LogP contribution in [0.1, 0.15) is 41.6 Å². The monoisotopic (exact) mass is 426 g/mol. The van der Waals surface area contributed by atoms with Crippen LogP contribution in [0.5, 0.6) is 0 Å². The molecule has 0 aromatic heterocycles. The molecule has 0 radical (unpaired) electrons. The maximum Gasteiger partial charge on any atom is 0.253 e. The summed E-state index contributed by atoms with van der Waals surface area (Å²) in [6.07, 6.45) is 4.82. The van der Waals surface area contributed by atoms with E-state index in [1.54, 1.807) is 0 Å². The predicted molar refractivity (Wildman–Crippen MR) is 113 cm³/mol. The van der Waals surface area contributed by atoms with E-state index in [9.17, 15) is 4.79 Å². The minimum atomic E-state index is 0.180. The molecule has 2 saturated heterocycles. The van der Waals surface area contributed by atoms with Crippen LogP contribution in [0.25, 0.3) is 0 Å². The lowest BCUT2D eigenvalue weighted by atomic mass is 9.71. The number of hydrogen-bond donors (Lipinski definition) is 0. The first-order valence-corrected chi connectivity index (χ1v) is 10.7. The van der Waals surface area contributed by atoms with Gasteiger partial charge < -0.3 is 4.90 Å². The predicted octanol–water partition coefficient (Wildman–Crippen LogP) is 4.97. The molecule has 142 valence electrons. The van der Waals surface area contributed by atoms with E-state index in [2.05, 4.69) is 51.2 Å². The summed E-state index contributed by atoms with van der Waals surface area (Å²) in [7, 11) is 0. The molecule has 2 aromatic rings. The fraction of sp³-hybridized carbons (Fsp3) is 0.435. The molecule has 0 saturated carbocycles. The van der Waals surface area contributed by atoms with Gasteiger partial charge in [0.25, 0.3) is 5.91 Å². The smallest absolute Gasteiger partial charge is 0.253 e. The Hall–Kier alpha value is -1.65. The van der Waals surface area contributed by atoms with E-state index in [0.29, 0.717) is 5.41 Å². The summed E-state index contributed by atoms with van der Waals surface area (Å²) in [6, 6.07) is 18.5. The van der Waals surface area contributed by atoms with Crippen molar-refractivity contribution in [1.29, 1.82) is 0 Å². The van der Waals surface area contributed by atoms with Gasteiger partial charge in [0.15, 0.2) is 0 Å². The lowest BCUT2D eigenvalue weighted by Crippen LogP contribution is -2.48. The number of benzene rings is 2. The van der Waals surface area contributed by atoms with E-state index in [1.165, 1.54) is 31.5 Å². The van der Waals surface area contributed by atoms with Gasteiger partial charge in [0.1, 0.15) is 0 Å². The highest BCUT2D eigenvalue weighted by Crippen LogP contribution is 2.41. The van der Waals surface area contributed by atoms with Gasteiger partial charge in [-0.25, -0.2) is 0 Å². The molecule has 2 fully saturated rings. The van der Waals surface area contributed by atoms with Crippen molar-refractivity contribution in [2.24, 2.45) is 5.41 Å². The average molecular weight is 427 g/mol. The Labute approximate surface area is 170 Å². The second kappa shape index (κ2) is 8.15. The Morgan fingerprint density at radius 3 is 2.07 bits per heavy atom. The molecule has 1 spiro atoms. The number of carbonyl (C=O) groups excluding carboxylic acids is 1. The maximum absolute atomic E-state index is 12.7. The molecule has 2 heterocycles. The van der Waals surface area contributed by atoms with Crippen LogP contribution in [0.15, 0.2) is 59.1 Å². The largest absolute Gasteiger partial charge is 0.339 e. The summed E-state index contributed by atoms with van der Waals surface area (Å²) in [5, 5.41) is 0. The van der Waals surface area contributed by atoms with Gasteiger partial charge in [-0.05, 0) is 74.0 Å². The number of amides is 1. The number of nitrogens with zero attached hydrogens (tertiary/aromatic N) is 2. The molecule has 2 aliphatic heterocycles. The van der Waals surface area contributed by atoms with Gasteiger partial charge in [0.2, 0.25) is 0 Å². The highest BCUT2D eigenvalue weighted by molar-refractivity contribution is 9.10. The van der Waals surface area contributed by atoms with Gasteiger partial charge in [-0.1, -0.05) is 46.3 Å². The van der Waals surface area contributed by atoms with Crippen molar-refractivity contribution in [3.05, 3.63) is 70.2 Å². The van der Waals surface area contributed by atoms with Crippen molar-refractivity contribution in [3.8, 4) is 0 Å². The fourth-order valence-corrected chi connectivity index (χ4v) is 4.75. The topological polar surface area (TPSA) is 23.6 Å². The fourth-order valence-electron chi connectivity index (χ4n) is 4.49. The van der Waals surface area contributed by atoms with Crippen LogP contribution < -0.4 is 0 Å². The molecule has 1 amide bonds. The van der Waals surface area contributed by atoms with E-state index in [0.717, 1.165) is 42.5 Å². The minimum absolute atomic E-state index is 0.180. The summed E-state index contributed by atoms with van der Waals surface area (Å²) < 4.78 is 1.01. The zero-order valence-corrected chi connectivity index (χ0v) is 17.3. The first-order valence-electron chi connectivity index (χ1n) is 9.95. The van der Waals surface area contributed by atoms with Gasteiger partial charge in [0, 0.05) is 29.7 Å². The molecular formula is C23H27BrN2O. The third-order valence-corrected chi connectivity index (χ3v) is 6.90. The van der Waals surface area contributed by atoms with Crippen molar-refractivity contribution >= 4 is 21.8 Å². The summed E-state index contributed by atoms with van der Waals surface area (Å²) in [6.45, 7) is 5.21. The second-order valence-corrected chi connectivity index (χ2v) is 8.98. The van der Waals surface area contributed by atoms with E-state index >= 15 is 0 Å². The Bertz CT molecular complexity index is 757. The van der Waals surface area contributed by atoms with Gasteiger partial charge >= 0.3 is 0 Å². The van der Waals surface area contributed by atoms with Crippen LogP contribution in [-0.4, -0.2) is 41.9 Å². The van der Waals surface area contributed by atoms with Crippen molar-refractivity contribution in [2.75, 3.05) is 26.2 Å². The van der Waals surface area contributed by atoms with E-state index in [-0.39, 0.29) is 5.91 Å². The number of rotatable bonds is 3. The molecule has 2 aromatic carbocycles. The zero-order valence-electron chi connectivity index (χ0n) is 15.7. The van der Waals surface area contributed by atoms with Crippen molar-refractivity contribution in [3.63, 3.8) is 0 Å². The first kappa shape index (κ1) is 18.7. The molecule has 27 heavy (non-hydrogen) atoms. The standard InChI is InChI=1S/C23H27BrN2O/c24-21-8-6-20(7-9-21)22(27)26-16-12-23(13-17-26)10-14-25(15-11-23)18-19-4-2-1-3-5-19/h1-9H,10-18H2. The van der Waals surface area contributed by atoms with Crippen LogP contribution in [0.2, 0.25) is 0 Å². The van der Waals surface area contributed by atoms with Crippen LogP contribution >= 0.6 is 15.9 Å². The Morgan fingerprint density at radius 2 is 1.44 bits per heavy atom. The quantitative estimate of drug-likeness (QED) is 0.691. The highest BCUT2D eigenvalue weighted by Gasteiger charge is 2.38. The van der Waals surface area contributed by atoms with Gasteiger partial charge in [0.05, 0.1) is 0 Å². The second-order valence-electron chi connectivity index (χ2n) is 8.06. The summed E-state index contributed by atoms with van der Waals surface area (Å²) >= 11 is 3.44. The molecular weight excluding hydrogens is 400 g/mol. The molecule has 4 heteroatoms. The number of halogens is 1. The van der Waals surface area contributed by atoms with Crippen LogP contribution in [0.4, 0.5) is 0 Å².